The van der Waals surface area contributed by atoms with Crippen LogP contribution in [-0.4, -0.2) is 18.9 Å². The molecule has 16 heavy (non-hydrogen) atoms. The Morgan fingerprint density at radius 1 is 1.25 bits per heavy atom. The molecule has 1 atom stereocenters. The Hall–Kier alpha value is -1.15. The summed E-state index contributed by atoms with van der Waals surface area (Å²) in [6.45, 7) is 5.63. The summed E-state index contributed by atoms with van der Waals surface area (Å²) in [6.07, 6.45) is 1.82. The molecular formula is C14H23NO. The molecular weight excluding hydrogens is 198 g/mol. The quantitative estimate of drug-likeness (QED) is 0.828. The number of Topliss-reactive ketones (excluding diaryl/α,β-unsaturated/α-hetero) is 1. The van der Waals surface area contributed by atoms with Gasteiger partial charge in [0.2, 0.25) is 0 Å². The molecule has 0 fully saturated rings. The van der Waals surface area contributed by atoms with E-state index in [0.29, 0.717) is 0 Å². The van der Waals surface area contributed by atoms with Crippen LogP contribution in [0.1, 0.15) is 32.8 Å². The minimum Gasteiger partial charge on any atom is -0.311 e. The largest absolute Gasteiger partial charge is 0.311 e. The highest BCUT2D eigenvalue weighted by Gasteiger charge is 2.10. The van der Waals surface area contributed by atoms with Crippen LogP contribution in [0.3, 0.4) is 0 Å². The van der Waals surface area contributed by atoms with Crippen molar-refractivity contribution in [2.24, 2.45) is 0 Å². The fourth-order valence-corrected chi connectivity index (χ4v) is 1.51. The van der Waals surface area contributed by atoms with Crippen molar-refractivity contribution in [3.8, 4) is 0 Å². The van der Waals surface area contributed by atoms with Crippen molar-refractivity contribution in [3.63, 3.8) is 0 Å². The zero-order chi connectivity index (χ0) is 12.4. The maximum Gasteiger partial charge on any atom is 0.146 e. The smallest absolute Gasteiger partial charge is 0.146 e. The molecule has 0 aromatic heterocycles. The van der Waals surface area contributed by atoms with Gasteiger partial charge >= 0.3 is 0 Å². The molecule has 0 aliphatic rings. The fraction of sp³-hybridized carbons (Fsp3) is 0.500. The number of carbonyl (C=O) groups excluding carboxylic acids is 1. The van der Waals surface area contributed by atoms with Crippen molar-refractivity contribution < 1.29 is 4.79 Å². The number of benzene rings is 1. The van der Waals surface area contributed by atoms with E-state index in [1.54, 1.807) is 6.92 Å². The second kappa shape index (κ2) is 9.10. The monoisotopic (exact) mass is 221 g/mol. The summed E-state index contributed by atoms with van der Waals surface area (Å²) in [4.78, 5) is 11.1. The third-order valence-corrected chi connectivity index (χ3v) is 2.40. The molecule has 1 aromatic rings. The number of aryl methyl sites for hydroxylation is 1. The SMILES string of the molecule is CC.CN[C@@H](CCc1ccccc1)C(C)=O. The molecule has 1 aromatic carbocycles. The average molecular weight is 221 g/mol. The van der Waals surface area contributed by atoms with Gasteiger partial charge in [-0.3, -0.25) is 4.79 Å². The van der Waals surface area contributed by atoms with Crippen molar-refractivity contribution >= 4 is 5.78 Å². The zero-order valence-electron chi connectivity index (χ0n) is 10.8. The van der Waals surface area contributed by atoms with Crippen LogP contribution in [0.15, 0.2) is 30.3 Å². The third kappa shape index (κ3) is 5.66. The van der Waals surface area contributed by atoms with Crippen LogP contribution >= 0.6 is 0 Å². The topological polar surface area (TPSA) is 29.1 Å². The van der Waals surface area contributed by atoms with E-state index >= 15 is 0 Å². The van der Waals surface area contributed by atoms with Crippen LogP contribution in [-0.2, 0) is 11.2 Å². The van der Waals surface area contributed by atoms with Crippen LogP contribution in [0.25, 0.3) is 0 Å². The summed E-state index contributed by atoms with van der Waals surface area (Å²) in [6, 6.07) is 10.2. The van der Waals surface area contributed by atoms with E-state index < -0.39 is 0 Å². The predicted molar refractivity (Wildman–Crippen MR) is 69.6 cm³/mol. The summed E-state index contributed by atoms with van der Waals surface area (Å²) in [5.74, 6) is 0.212. The van der Waals surface area contributed by atoms with Crippen LogP contribution in [0.2, 0.25) is 0 Å². The van der Waals surface area contributed by atoms with E-state index in [1.165, 1.54) is 5.56 Å². The molecule has 1 N–H and O–H groups in total. The van der Waals surface area contributed by atoms with Gasteiger partial charge in [0.05, 0.1) is 6.04 Å². The van der Waals surface area contributed by atoms with E-state index in [-0.39, 0.29) is 11.8 Å². The summed E-state index contributed by atoms with van der Waals surface area (Å²) >= 11 is 0. The highest BCUT2D eigenvalue weighted by atomic mass is 16.1. The van der Waals surface area contributed by atoms with Crippen LogP contribution in [0.4, 0.5) is 0 Å². The summed E-state index contributed by atoms with van der Waals surface area (Å²) in [5.41, 5.74) is 1.29. The molecule has 2 nitrogen and oxygen atoms in total. The van der Waals surface area contributed by atoms with E-state index in [1.807, 2.05) is 39.1 Å². The van der Waals surface area contributed by atoms with E-state index in [4.69, 9.17) is 0 Å². The van der Waals surface area contributed by atoms with Gasteiger partial charge in [-0.15, -0.1) is 0 Å². The lowest BCUT2D eigenvalue weighted by atomic mass is 10.0. The van der Waals surface area contributed by atoms with E-state index in [9.17, 15) is 4.79 Å². The summed E-state index contributed by atoms with van der Waals surface area (Å²) in [5, 5.41) is 3.02. The maximum atomic E-state index is 11.1. The van der Waals surface area contributed by atoms with E-state index in [0.717, 1.165) is 12.8 Å². The lowest BCUT2D eigenvalue weighted by Crippen LogP contribution is -2.32. The molecule has 0 bridgehead atoms. The Kier molecular flexibility index (Phi) is 8.45. The molecule has 0 unspecified atom stereocenters. The van der Waals surface area contributed by atoms with Crippen LogP contribution in [0, 0.1) is 0 Å². The van der Waals surface area contributed by atoms with Gasteiger partial charge in [0.15, 0.2) is 0 Å². The van der Waals surface area contributed by atoms with E-state index in [2.05, 4.69) is 17.4 Å². The molecule has 0 saturated carbocycles. The van der Waals surface area contributed by atoms with Gasteiger partial charge in [-0.1, -0.05) is 44.2 Å². The van der Waals surface area contributed by atoms with Crippen molar-refractivity contribution in [2.45, 2.75) is 39.7 Å². The Balaban J connectivity index is 0.00000106. The molecule has 0 aliphatic heterocycles. The number of carbonyl (C=O) groups is 1. The van der Waals surface area contributed by atoms with Gasteiger partial charge < -0.3 is 5.32 Å². The molecule has 0 aliphatic carbocycles. The molecule has 0 amide bonds. The first kappa shape index (κ1) is 14.8. The fourth-order valence-electron chi connectivity index (χ4n) is 1.51. The van der Waals surface area contributed by atoms with Crippen LogP contribution < -0.4 is 5.32 Å². The molecule has 90 valence electrons. The normalized spacial score (nSPS) is 11.2. The zero-order valence-corrected chi connectivity index (χ0v) is 10.8. The molecule has 2 heteroatoms. The van der Waals surface area contributed by atoms with Gasteiger partial charge in [-0.05, 0) is 32.4 Å². The Bertz CT molecular complexity index is 282. The summed E-state index contributed by atoms with van der Waals surface area (Å²) in [7, 11) is 1.83. The lowest BCUT2D eigenvalue weighted by molar-refractivity contribution is -0.119. The average Bonchev–Trinajstić information content (AvgIpc) is 2.33. The van der Waals surface area contributed by atoms with Gasteiger partial charge in [-0.25, -0.2) is 0 Å². The molecule has 0 heterocycles. The predicted octanol–water partition coefficient (Wildman–Crippen LogP) is 2.82. The van der Waals surface area contributed by atoms with Gasteiger partial charge in [0.25, 0.3) is 0 Å². The number of rotatable bonds is 5. The van der Waals surface area contributed by atoms with Crippen molar-refractivity contribution in [1.29, 1.82) is 0 Å². The third-order valence-electron chi connectivity index (χ3n) is 2.40. The highest BCUT2D eigenvalue weighted by molar-refractivity contribution is 5.81. The molecule has 1 rings (SSSR count). The second-order valence-electron chi connectivity index (χ2n) is 3.48. The number of hydrogen-bond donors (Lipinski definition) is 1. The van der Waals surface area contributed by atoms with Crippen molar-refractivity contribution in [2.75, 3.05) is 7.05 Å². The Morgan fingerprint density at radius 2 is 1.81 bits per heavy atom. The lowest BCUT2D eigenvalue weighted by Gasteiger charge is -2.11. The maximum absolute atomic E-state index is 11.1. The van der Waals surface area contributed by atoms with Crippen molar-refractivity contribution in [3.05, 3.63) is 35.9 Å². The minimum atomic E-state index is -0.00444. The number of likely N-dealkylation sites (N-methyl/N-ethyl adjacent to an activating group) is 1. The Morgan fingerprint density at radius 3 is 2.25 bits per heavy atom. The van der Waals surface area contributed by atoms with Crippen molar-refractivity contribution in [1.82, 2.24) is 5.32 Å². The molecule has 0 saturated heterocycles. The number of hydrogen-bond acceptors (Lipinski definition) is 2. The second-order valence-corrected chi connectivity index (χ2v) is 3.48. The first-order valence-corrected chi connectivity index (χ1v) is 5.95. The molecule has 0 spiro atoms. The summed E-state index contributed by atoms with van der Waals surface area (Å²) < 4.78 is 0. The highest BCUT2D eigenvalue weighted by Crippen LogP contribution is 2.05. The van der Waals surface area contributed by atoms with Gasteiger partial charge in [0.1, 0.15) is 5.78 Å². The van der Waals surface area contributed by atoms with Crippen LogP contribution in [0.5, 0.6) is 0 Å². The minimum absolute atomic E-state index is 0.00444. The first-order chi connectivity index (χ1) is 7.74. The van der Waals surface area contributed by atoms with Gasteiger partial charge in [-0.2, -0.15) is 0 Å². The standard InChI is InChI=1S/C12H17NO.C2H6/c1-10(14)12(13-2)9-8-11-6-4-3-5-7-11;1-2/h3-7,12-13H,8-9H2,1-2H3;1-2H3/t12-;/m0./s1. The van der Waals surface area contributed by atoms with Gasteiger partial charge in [0, 0.05) is 0 Å². The Labute approximate surface area is 99.1 Å². The molecule has 0 radical (unpaired) electrons. The number of nitrogens with one attached hydrogen (secondary N) is 1. The number of ketones is 1. The first-order valence-electron chi connectivity index (χ1n) is 5.95.